The first-order valence-corrected chi connectivity index (χ1v) is 5.29. The predicted molar refractivity (Wildman–Crippen MR) is 53.5 cm³/mol. The first-order valence-electron chi connectivity index (χ1n) is 5.29. The summed E-state index contributed by atoms with van der Waals surface area (Å²) in [6.07, 6.45) is 12.2. The summed E-state index contributed by atoms with van der Waals surface area (Å²) in [5.74, 6) is 0.291. The average Bonchev–Trinajstić information content (AvgIpc) is 2.08. The monoisotopic (exact) mass is 176 g/mol. The van der Waals surface area contributed by atoms with E-state index in [1.165, 1.54) is 43.3 Å². The summed E-state index contributed by atoms with van der Waals surface area (Å²) in [7, 11) is 0. The average molecular weight is 176 g/mol. The van der Waals surface area contributed by atoms with E-state index in [9.17, 15) is 4.79 Å². The van der Waals surface area contributed by atoms with Crippen LogP contribution in [0.15, 0.2) is 23.3 Å². The topological polar surface area (TPSA) is 17.1 Å². The van der Waals surface area contributed by atoms with Crippen molar-refractivity contribution < 1.29 is 4.79 Å². The van der Waals surface area contributed by atoms with Gasteiger partial charge in [-0.15, -0.1) is 0 Å². The summed E-state index contributed by atoms with van der Waals surface area (Å²) in [5, 5.41) is 0. The van der Waals surface area contributed by atoms with Crippen molar-refractivity contribution in [2.24, 2.45) is 0 Å². The molecule has 0 aromatic carbocycles. The third kappa shape index (κ3) is 2.09. The standard InChI is InChI=1S/C12H16O/c13-12-8-7-10-5-3-1-2-4-6-11(10)9-12/h7,9H,1-6,8H2. The van der Waals surface area contributed by atoms with E-state index in [1.807, 2.05) is 6.08 Å². The van der Waals surface area contributed by atoms with Crippen LogP contribution in [0.2, 0.25) is 0 Å². The van der Waals surface area contributed by atoms with Gasteiger partial charge < -0.3 is 0 Å². The quantitative estimate of drug-likeness (QED) is 0.554. The molecular formula is C12H16O. The van der Waals surface area contributed by atoms with Crippen molar-refractivity contribution in [3.8, 4) is 0 Å². The summed E-state index contributed by atoms with van der Waals surface area (Å²) in [4.78, 5) is 11.2. The zero-order valence-electron chi connectivity index (χ0n) is 8.01. The van der Waals surface area contributed by atoms with E-state index >= 15 is 0 Å². The minimum Gasteiger partial charge on any atom is -0.295 e. The smallest absolute Gasteiger partial charge is 0.159 e. The molecule has 0 N–H and O–H groups in total. The Hall–Kier alpha value is -0.850. The Morgan fingerprint density at radius 2 is 1.62 bits per heavy atom. The molecule has 0 amide bonds. The molecule has 2 aliphatic carbocycles. The van der Waals surface area contributed by atoms with Gasteiger partial charge in [0.25, 0.3) is 0 Å². The first-order chi connectivity index (χ1) is 6.36. The van der Waals surface area contributed by atoms with Crippen molar-refractivity contribution in [1.29, 1.82) is 0 Å². The van der Waals surface area contributed by atoms with Crippen LogP contribution in [0.4, 0.5) is 0 Å². The molecular weight excluding hydrogens is 160 g/mol. The van der Waals surface area contributed by atoms with Gasteiger partial charge in [-0.3, -0.25) is 4.79 Å². The third-order valence-electron chi connectivity index (χ3n) is 2.94. The number of carbonyl (C=O) groups is 1. The van der Waals surface area contributed by atoms with Gasteiger partial charge in [-0.25, -0.2) is 0 Å². The summed E-state index contributed by atoms with van der Waals surface area (Å²) in [6, 6.07) is 0. The molecule has 0 aromatic rings. The second-order valence-corrected chi connectivity index (χ2v) is 3.98. The number of fused-ring (bicyclic) bond motifs is 1. The van der Waals surface area contributed by atoms with Gasteiger partial charge in [-0.05, 0) is 42.9 Å². The summed E-state index contributed by atoms with van der Waals surface area (Å²) in [6.45, 7) is 0. The maximum atomic E-state index is 11.2. The van der Waals surface area contributed by atoms with Gasteiger partial charge in [-0.1, -0.05) is 18.9 Å². The summed E-state index contributed by atoms with van der Waals surface area (Å²) >= 11 is 0. The zero-order valence-corrected chi connectivity index (χ0v) is 8.01. The van der Waals surface area contributed by atoms with Crippen molar-refractivity contribution in [2.45, 2.75) is 44.9 Å². The van der Waals surface area contributed by atoms with Crippen LogP contribution in [0.5, 0.6) is 0 Å². The molecule has 0 atom stereocenters. The Morgan fingerprint density at radius 1 is 0.923 bits per heavy atom. The van der Waals surface area contributed by atoms with Crippen LogP contribution >= 0.6 is 0 Å². The van der Waals surface area contributed by atoms with Gasteiger partial charge in [0.05, 0.1) is 0 Å². The molecule has 0 aromatic heterocycles. The molecule has 0 spiro atoms. The maximum Gasteiger partial charge on any atom is 0.159 e. The molecule has 0 radical (unpaired) electrons. The van der Waals surface area contributed by atoms with E-state index in [4.69, 9.17) is 0 Å². The van der Waals surface area contributed by atoms with Crippen LogP contribution in [0.25, 0.3) is 0 Å². The van der Waals surface area contributed by atoms with Gasteiger partial charge in [0.15, 0.2) is 5.78 Å². The van der Waals surface area contributed by atoms with E-state index in [2.05, 4.69) is 6.08 Å². The lowest BCUT2D eigenvalue weighted by atomic mass is 9.87. The highest BCUT2D eigenvalue weighted by molar-refractivity contribution is 5.93. The maximum absolute atomic E-state index is 11.2. The Kier molecular flexibility index (Phi) is 2.62. The molecule has 0 saturated heterocycles. The van der Waals surface area contributed by atoms with Crippen LogP contribution < -0.4 is 0 Å². The fourth-order valence-electron chi connectivity index (χ4n) is 2.18. The molecule has 1 heteroatoms. The van der Waals surface area contributed by atoms with E-state index in [1.54, 1.807) is 0 Å². The van der Waals surface area contributed by atoms with Gasteiger partial charge in [0, 0.05) is 6.42 Å². The van der Waals surface area contributed by atoms with Gasteiger partial charge >= 0.3 is 0 Å². The minimum absolute atomic E-state index is 0.291. The van der Waals surface area contributed by atoms with Gasteiger partial charge in [-0.2, -0.15) is 0 Å². The van der Waals surface area contributed by atoms with Crippen molar-refractivity contribution in [1.82, 2.24) is 0 Å². The van der Waals surface area contributed by atoms with Gasteiger partial charge in [0.1, 0.15) is 0 Å². The number of ketones is 1. The normalized spacial score (nSPS) is 23.8. The lowest BCUT2D eigenvalue weighted by Gasteiger charge is -2.18. The van der Waals surface area contributed by atoms with Crippen molar-refractivity contribution in [3.63, 3.8) is 0 Å². The minimum atomic E-state index is 0.291. The number of rotatable bonds is 0. The Bertz CT molecular complexity index is 271. The molecule has 70 valence electrons. The fourth-order valence-corrected chi connectivity index (χ4v) is 2.18. The number of hydrogen-bond acceptors (Lipinski definition) is 1. The molecule has 2 rings (SSSR count). The molecule has 0 bridgehead atoms. The third-order valence-corrected chi connectivity index (χ3v) is 2.94. The number of hydrogen-bond donors (Lipinski definition) is 0. The SMILES string of the molecule is O=C1C=C2CCCCCCC2=CC1. The van der Waals surface area contributed by atoms with Crippen LogP contribution in [0.1, 0.15) is 44.9 Å². The Labute approximate surface area is 79.5 Å². The molecule has 0 heterocycles. The van der Waals surface area contributed by atoms with E-state index in [-0.39, 0.29) is 0 Å². The van der Waals surface area contributed by atoms with Gasteiger partial charge in [0.2, 0.25) is 0 Å². The van der Waals surface area contributed by atoms with E-state index in [0.717, 1.165) is 6.42 Å². The van der Waals surface area contributed by atoms with E-state index in [0.29, 0.717) is 12.2 Å². The molecule has 2 aliphatic rings. The molecule has 0 unspecified atom stereocenters. The Morgan fingerprint density at radius 3 is 2.38 bits per heavy atom. The number of allylic oxidation sites excluding steroid dienone is 4. The molecule has 1 fully saturated rings. The summed E-state index contributed by atoms with van der Waals surface area (Å²) < 4.78 is 0. The van der Waals surface area contributed by atoms with Crippen LogP contribution in [-0.2, 0) is 4.79 Å². The second kappa shape index (κ2) is 3.91. The largest absolute Gasteiger partial charge is 0.295 e. The lowest BCUT2D eigenvalue weighted by molar-refractivity contribution is -0.114. The predicted octanol–water partition coefficient (Wildman–Crippen LogP) is 3.17. The molecule has 0 aliphatic heterocycles. The highest BCUT2D eigenvalue weighted by Gasteiger charge is 2.14. The number of carbonyl (C=O) groups excluding carboxylic acids is 1. The fraction of sp³-hybridized carbons (Fsp3) is 0.583. The van der Waals surface area contributed by atoms with Crippen molar-refractivity contribution in [3.05, 3.63) is 23.3 Å². The van der Waals surface area contributed by atoms with E-state index < -0.39 is 0 Å². The highest BCUT2D eigenvalue weighted by atomic mass is 16.1. The summed E-state index contributed by atoms with van der Waals surface area (Å²) in [5.41, 5.74) is 2.79. The van der Waals surface area contributed by atoms with Crippen LogP contribution in [0.3, 0.4) is 0 Å². The molecule has 1 nitrogen and oxygen atoms in total. The van der Waals surface area contributed by atoms with Crippen LogP contribution in [0, 0.1) is 0 Å². The molecule has 1 saturated carbocycles. The Balaban J connectivity index is 2.15. The van der Waals surface area contributed by atoms with Crippen molar-refractivity contribution in [2.75, 3.05) is 0 Å². The zero-order chi connectivity index (χ0) is 9.10. The second-order valence-electron chi connectivity index (χ2n) is 3.98. The molecule has 13 heavy (non-hydrogen) atoms. The lowest BCUT2D eigenvalue weighted by Crippen LogP contribution is -2.05. The first kappa shape index (κ1) is 8.74. The van der Waals surface area contributed by atoms with Crippen molar-refractivity contribution >= 4 is 5.78 Å². The highest BCUT2D eigenvalue weighted by Crippen LogP contribution is 2.29. The van der Waals surface area contributed by atoms with Crippen LogP contribution in [-0.4, -0.2) is 5.78 Å².